The molecule has 2 heterocycles. The van der Waals surface area contributed by atoms with Crippen LogP contribution >= 0.6 is 0 Å². The molecule has 0 aliphatic rings. The highest BCUT2D eigenvalue weighted by atomic mass is 16.3. The Kier molecular flexibility index (Phi) is 7.92. The first-order valence-electron chi connectivity index (χ1n) is 20.3. The molecular formula is C55H42N2O2. The number of aryl methyl sites for hydroxylation is 3. The van der Waals surface area contributed by atoms with E-state index in [1.54, 1.807) is 0 Å². The molecule has 0 radical (unpaired) electrons. The van der Waals surface area contributed by atoms with Gasteiger partial charge in [0.15, 0.2) is 0 Å². The van der Waals surface area contributed by atoms with Crippen molar-refractivity contribution in [1.29, 1.82) is 0 Å². The summed E-state index contributed by atoms with van der Waals surface area (Å²) in [6, 6.07) is 59.0. The lowest BCUT2D eigenvalue weighted by molar-refractivity contribution is 0.651. The fourth-order valence-corrected chi connectivity index (χ4v) is 9.03. The minimum atomic E-state index is 0.863. The Morgan fingerprint density at radius 3 is 1.20 bits per heavy atom. The lowest BCUT2D eigenvalue weighted by Gasteiger charge is -2.28. The monoisotopic (exact) mass is 762 g/mol. The third-order valence-electron chi connectivity index (χ3n) is 12.5. The van der Waals surface area contributed by atoms with Crippen molar-refractivity contribution in [2.24, 2.45) is 0 Å². The van der Waals surface area contributed by atoms with E-state index in [9.17, 15) is 0 Å². The average molecular weight is 763 g/mol. The second-order valence-electron chi connectivity index (χ2n) is 16.0. The lowest BCUT2D eigenvalue weighted by Crippen LogP contribution is -2.11. The van der Waals surface area contributed by atoms with Gasteiger partial charge >= 0.3 is 0 Å². The first-order chi connectivity index (χ1) is 28.8. The van der Waals surface area contributed by atoms with Crippen LogP contribution in [0.4, 0.5) is 34.1 Å². The number of para-hydroxylation sites is 2. The van der Waals surface area contributed by atoms with E-state index >= 15 is 0 Å². The summed E-state index contributed by atoms with van der Waals surface area (Å²) >= 11 is 0. The summed E-state index contributed by atoms with van der Waals surface area (Å²) < 4.78 is 13.5. The number of benzene rings is 9. The molecule has 2 aromatic heterocycles. The Hall–Kier alpha value is -7.30. The van der Waals surface area contributed by atoms with Gasteiger partial charge in [-0.15, -0.1) is 0 Å². The number of rotatable bonds is 6. The summed E-state index contributed by atoms with van der Waals surface area (Å²) in [5.41, 5.74) is 16.3. The van der Waals surface area contributed by atoms with Gasteiger partial charge in [0.1, 0.15) is 22.3 Å². The van der Waals surface area contributed by atoms with Crippen molar-refractivity contribution in [2.75, 3.05) is 9.80 Å². The van der Waals surface area contributed by atoms with Gasteiger partial charge in [-0.1, -0.05) is 72.8 Å². The van der Waals surface area contributed by atoms with Crippen molar-refractivity contribution in [2.45, 2.75) is 34.6 Å². The molecule has 11 aromatic rings. The van der Waals surface area contributed by atoms with Crippen LogP contribution in [0.1, 0.15) is 27.8 Å². The summed E-state index contributed by atoms with van der Waals surface area (Å²) in [4.78, 5) is 4.70. The minimum Gasteiger partial charge on any atom is -0.456 e. The molecule has 0 saturated carbocycles. The molecule has 0 aliphatic carbocycles. The van der Waals surface area contributed by atoms with Crippen LogP contribution in [0.15, 0.2) is 173 Å². The molecule has 11 rings (SSSR count). The van der Waals surface area contributed by atoms with Crippen molar-refractivity contribution < 1.29 is 8.83 Å². The quantitative estimate of drug-likeness (QED) is 0.169. The molecule has 59 heavy (non-hydrogen) atoms. The molecule has 284 valence electrons. The van der Waals surface area contributed by atoms with E-state index in [4.69, 9.17) is 8.83 Å². The van der Waals surface area contributed by atoms with E-state index in [0.717, 1.165) is 83.0 Å². The maximum atomic E-state index is 6.74. The molecule has 0 N–H and O–H groups in total. The lowest BCUT2D eigenvalue weighted by atomic mass is 10.0. The highest BCUT2D eigenvalue weighted by Crippen LogP contribution is 2.45. The molecule has 9 aromatic carbocycles. The first-order valence-corrected chi connectivity index (χ1v) is 20.3. The zero-order valence-electron chi connectivity index (χ0n) is 33.8. The average Bonchev–Trinajstić information content (AvgIpc) is 3.80. The zero-order chi connectivity index (χ0) is 39.9. The second kappa shape index (κ2) is 13.4. The molecule has 4 heteroatoms. The Morgan fingerprint density at radius 2 is 0.763 bits per heavy atom. The fourth-order valence-electron chi connectivity index (χ4n) is 9.03. The van der Waals surface area contributed by atoms with E-state index < -0.39 is 0 Å². The summed E-state index contributed by atoms with van der Waals surface area (Å²) in [7, 11) is 0. The fraction of sp³-hybridized carbons (Fsp3) is 0.0909. The number of nitrogens with zero attached hydrogens (tertiary/aromatic N) is 2. The van der Waals surface area contributed by atoms with Crippen LogP contribution in [0.5, 0.6) is 0 Å². The molecule has 0 bridgehead atoms. The van der Waals surface area contributed by atoms with Crippen molar-refractivity contribution in [3.05, 3.63) is 192 Å². The Labute approximate surface area is 343 Å². The number of furan rings is 2. The summed E-state index contributed by atoms with van der Waals surface area (Å²) in [5.74, 6) is 0. The number of hydrogen-bond acceptors (Lipinski definition) is 4. The van der Waals surface area contributed by atoms with Crippen LogP contribution in [0.3, 0.4) is 0 Å². The van der Waals surface area contributed by atoms with Gasteiger partial charge in [-0.05, 0) is 169 Å². The molecule has 0 atom stereocenters. The van der Waals surface area contributed by atoms with E-state index in [1.807, 2.05) is 0 Å². The van der Waals surface area contributed by atoms with Crippen LogP contribution in [-0.2, 0) is 0 Å². The number of anilines is 6. The SMILES string of the molecule is Cc1cccc(N(c2ccccc2)c2ccc3cc4c(cc3c2)oc2c(C)c3oc5cc6cc(N(c7ccccc7)c7cccc(C)c7C)ccc6cc5c3cc24)c1C. The van der Waals surface area contributed by atoms with Gasteiger partial charge in [0.2, 0.25) is 0 Å². The van der Waals surface area contributed by atoms with Crippen LogP contribution in [0.2, 0.25) is 0 Å². The molecular weight excluding hydrogens is 721 g/mol. The Bertz CT molecular complexity index is 3220. The van der Waals surface area contributed by atoms with Gasteiger partial charge < -0.3 is 18.6 Å². The highest BCUT2D eigenvalue weighted by Gasteiger charge is 2.21. The van der Waals surface area contributed by atoms with Gasteiger partial charge in [-0.3, -0.25) is 0 Å². The van der Waals surface area contributed by atoms with Gasteiger partial charge in [0.05, 0.1) is 0 Å². The summed E-state index contributed by atoms with van der Waals surface area (Å²) in [6.07, 6.45) is 0. The van der Waals surface area contributed by atoms with Gasteiger partial charge in [0.25, 0.3) is 0 Å². The van der Waals surface area contributed by atoms with Gasteiger partial charge in [0, 0.05) is 61.2 Å². The van der Waals surface area contributed by atoms with Crippen LogP contribution in [0, 0.1) is 34.6 Å². The molecule has 0 unspecified atom stereocenters. The van der Waals surface area contributed by atoms with Crippen molar-refractivity contribution >= 4 is 99.5 Å². The van der Waals surface area contributed by atoms with Gasteiger partial charge in [-0.2, -0.15) is 0 Å². The van der Waals surface area contributed by atoms with Crippen LogP contribution < -0.4 is 9.80 Å². The Balaban J connectivity index is 1.03. The van der Waals surface area contributed by atoms with Crippen molar-refractivity contribution in [3.63, 3.8) is 0 Å². The molecule has 0 fully saturated rings. The van der Waals surface area contributed by atoms with Crippen molar-refractivity contribution in [3.8, 4) is 0 Å². The maximum absolute atomic E-state index is 6.74. The predicted octanol–water partition coefficient (Wildman–Crippen LogP) is 16.3. The molecule has 0 spiro atoms. The van der Waals surface area contributed by atoms with Crippen LogP contribution in [-0.4, -0.2) is 0 Å². The molecule has 0 amide bonds. The van der Waals surface area contributed by atoms with E-state index in [0.29, 0.717) is 0 Å². The predicted molar refractivity (Wildman–Crippen MR) is 249 cm³/mol. The third-order valence-corrected chi connectivity index (χ3v) is 12.5. The standard InChI is InChI=1S/C55H42N2O2/c1-33-14-12-20-50(35(33)3)56(42-16-8-6-9-17-42)44-24-22-38-28-46-48-32-49-47-29-39-23-25-45(57(43-18-10-7-11-19-43)51-21-13-15-34(2)36(51)4)27-41(39)31-53(47)59-55(49)37(5)54(48)58-52(46)30-40(38)26-44/h6-32H,1-5H3. The maximum Gasteiger partial charge on any atom is 0.142 e. The van der Waals surface area contributed by atoms with Crippen molar-refractivity contribution in [1.82, 2.24) is 0 Å². The Morgan fingerprint density at radius 1 is 0.322 bits per heavy atom. The minimum absolute atomic E-state index is 0.863. The molecule has 4 nitrogen and oxygen atoms in total. The highest BCUT2D eigenvalue weighted by molar-refractivity contribution is 6.20. The third kappa shape index (κ3) is 5.59. The number of hydrogen-bond donors (Lipinski definition) is 0. The smallest absolute Gasteiger partial charge is 0.142 e. The topological polar surface area (TPSA) is 32.8 Å². The first kappa shape index (κ1) is 34.9. The summed E-state index contributed by atoms with van der Waals surface area (Å²) in [5, 5.41) is 8.99. The van der Waals surface area contributed by atoms with E-state index in [2.05, 4.69) is 208 Å². The van der Waals surface area contributed by atoms with E-state index in [-0.39, 0.29) is 0 Å². The molecule has 0 aliphatic heterocycles. The van der Waals surface area contributed by atoms with Crippen LogP contribution in [0.25, 0.3) is 65.4 Å². The zero-order valence-corrected chi connectivity index (χ0v) is 33.8. The number of fused-ring (bicyclic) bond motifs is 8. The normalized spacial score (nSPS) is 11.8. The largest absolute Gasteiger partial charge is 0.456 e. The molecule has 0 saturated heterocycles. The van der Waals surface area contributed by atoms with E-state index in [1.165, 1.54) is 44.4 Å². The second-order valence-corrected chi connectivity index (χ2v) is 16.0. The van der Waals surface area contributed by atoms with Gasteiger partial charge in [-0.25, -0.2) is 0 Å². The summed E-state index contributed by atoms with van der Waals surface area (Å²) in [6.45, 7) is 10.9.